The van der Waals surface area contributed by atoms with Crippen LogP contribution in [-0.4, -0.2) is 55.0 Å². The molecule has 0 saturated carbocycles. The van der Waals surface area contributed by atoms with Gasteiger partial charge in [0.1, 0.15) is 18.4 Å². The smallest absolute Gasteiger partial charge is 0.321 e. The molecule has 0 bridgehead atoms. The zero-order chi connectivity index (χ0) is 16.3. The maximum atomic E-state index is 11.1. The number of hydrogen-bond donors (Lipinski definition) is 2. The van der Waals surface area contributed by atoms with Crippen molar-refractivity contribution in [2.24, 2.45) is 0 Å². The Kier molecular flexibility index (Phi) is 6.40. The summed E-state index contributed by atoms with van der Waals surface area (Å²) >= 11 is 11.2. The number of thioether (sulfide) groups is 1. The second kappa shape index (κ2) is 7.88. The van der Waals surface area contributed by atoms with Crippen LogP contribution >= 0.6 is 39.3 Å². The lowest BCUT2D eigenvalue weighted by atomic mass is 10.2. The molecular formula is C14H18BrClN2O3S. The molecule has 1 heterocycles. The zero-order valence-electron chi connectivity index (χ0n) is 12.3. The van der Waals surface area contributed by atoms with Crippen LogP contribution in [0.1, 0.15) is 10.9 Å². The number of aliphatic carboxylic acids is 1. The Bertz CT molecular complexity index is 559. The summed E-state index contributed by atoms with van der Waals surface area (Å²) in [5.41, 5.74) is 0.867. The van der Waals surface area contributed by atoms with Gasteiger partial charge in [0.25, 0.3) is 0 Å². The first kappa shape index (κ1) is 17.9. The highest BCUT2D eigenvalue weighted by molar-refractivity contribution is 9.10. The normalized spacial score (nSPS) is 21.3. The number of nitrogens with one attached hydrogen (secondary N) is 1. The number of benzene rings is 1. The summed E-state index contributed by atoms with van der Waals surface area (Å²) in [4.78, 5) is 13.1. The Balaban J connectivity index is 2.20. The van der Waals surface area contributed by atoms with Crippen LogP contribution in [0.25, 0.3) is 0 Å². The van der Waals surface area contributed by atoms with E-state index in [9.17, 15) is 4.79 Å². The first-order valence-electron chi connectivity index (χ1n) is 6.75. The molecule has 122 valence electrons. The third-order valence-corrected chi connectivity index (χ3v) is 5.24. The number of carboxylic acid groups (broad SMARTS) is 1. The minimum atomic E-state index is -0.842. The van der Waals surface area contributed by atoms with Crippen LogP contribution in [-0.2, 0) is 4.79 Å². The summed E-state index contributed by atoms with van der Waals surface area (Å²) in [7, 11) is 3.96. The van der Waals surface area contributed by atoms with Gasteiger partial charge in [-0.15, -0.1) is 11.8 Å². The number of carboxylic acids is 1. The average Bonchev–Trinajstić information content (AvgIpc) is 2.90. The fourth-order valence-electron chi connectivity index (χ4n) is 2.05. The number of nitrogens with zero attached hydrogens (tertiary/aromatic N) is 1. The standard InChI is InChI=1S/C14H18BrClN2O3S/c1-18(2)3-4-21-12-9(5-8(16)6-10(12)15)13-17-11(7-22-13)14(19)20/h5-6,11,13,17H,3-4,7H2,1-2H3,(H,19,20). The maximum absolute atomic E-state index is 11.1. The molecule has 0 spiro atoms. The molecule has 0 amide bonds. The van der Waals surface area contributed by atoms with Crippen LogP contribution in [0, 0.1) is 0 Å². The fourth-order valence-corrected chi connectivity index (χ4v) is 4.24. The van der Waals surface area contributed by atoms with Gasteiger partial charge in [-0.1, -0.05) is 11.6 Å². The molecule has 0 aromatic heterocycles. The first-order chi connectivity index (χ1) is 10.4. The minimum Gasteiger partial charge on any atom is -0.491 e. The van der Waals surface area contributed by atoms with Crippen molar-refractivity contribution in [1.29, 1.82) is 0 Å². The monoisotopic (exact) mass is 408 g/mol. The van der Waals surface area contributed by atoms with E-state index in [0.29, 0.717) is 23.1 Å². The topological polar surface area (TPSA) is 61.8 Å². The molecule has 1 saturated heterocycles. The van der Waals surface area contributed by atoms with Crippen LogP contribution in [0.5, 0.6) is 5.75 Å². The Labute approximate surface area is 147 Å². The summed E-state index contributed by atoms with van der Waals surface area (Å²) < 4.78 is 6.67. The summed E-state index contributed by atoms with van der Waals surface area (Å²) in [6, 6.07) is 3.05. The number of halogens is 2. The van der Waals surface area contributed by atoms with Gasteiger partial charge >= 0.3 is 5.97 Å². The van der Waals surface area contributed by atoms with E-state index in [1.807, 2.05) is 25.1 Å². The van der Waals surface area contributed by atoms with E-state index in [1.165, 1.54) is 0 Å². The van der Waals surface area contributed by atoms with E-state index in [0.717, 1.165) is 16.6 Å². The lowest BCUT2D eigenvalue weighted by Crippen LogP contribution is -2.33. The summed E-state index contributed by atoms with van der Waals surface area (Å²) in [5.74, 6) is 0.384. The number of ether oxygens (including phenoxy) is 1. The van der Waals surface area contributed by atoms with Gasteiger partial charge in [-0.3, -0.25) is 10.1 Å². The van der Waals surface area contributed by atoms with Gasteiger partial charge in [0.05, 0.1) is 9.85 Å². The quantitative estimate of drug-likeness (QED) is 0.753. The molecule has 2 N–H and O–H groups in total. The lowest BCUT2D eigenvalue weighted by molar-refractivity contribution is -0.138. The second-order valence-corrected chi connectivity index (χ2v) is 7.66. The third kappa shape index (κ3) is 4.52. The molecular weight excluding hydrogens is 392 g/mol. The molecule has 2 rings (SSSR count). The molecule has 1 aromatic carbocycles. The van der Waals surface area contributed by atoms with Gasteiger partial charge in [-0.05, 0) is 42.2 Å². The highest BCUT2D eigenvalue weighted by Crippen LogP contribution is 2.42. The molecule has 2 unspecified atom stereocenters. The number of hydrogen-bond acceptors (Lipinski definition) is 5. The third-order valence-electron chi connectivity index (χ3n) is 3.18. The Hall–Kier alpha value is -0.470. The van der Waals surface area contributed by atoms with E-state index < -0.39 is 12.0 Å². The summed E-state index contributed by atoms with van der Waals surface area (Å²) in [5, 5.41) is 12.6. The summed E-state index contributed by atoms with van der Waals surface area (Å²) in [6.07, 6.45) is 0. The molecule has 8 heteroatoms. The number of rotatable bonds is 6. The van der Waals surface area contributed by atoms with Gasteiger partial charge < -0.3 is 14.7 Å². The Morgan fingerprint density at radius 2 is 2.32 bits per heavy atom. The van der Waals surface area contributed by atoms with Crippen LogP contribution in [0.4, 0.5) is 0 Å². The molecule has 0 radical (unpaired) electrons. The predicted octanol–water partition coefficient (Wildman–Crippen LogP) is 2.83. The van der Waals surface area contributed by atoms with Gasteiger partial charge in [0.15, 0.2) is 0 Å². The van der Waals surface area contributed by atoms with E-state index in [4.69, 9.17) is 21.4 Å². The SMILES string of the molecule is CN(C)CCOc1c(Br)cc(Cl)cc1C1NC(C(=O)O)CS1. The molecule has 22 heavy (non-hydrogen) atoms. The predicted molar refractivity (Wildman–Crippen MR) is 93.0 cm³/mol. The van der Waals surface area contributed by atoms with E-state index in [2.05, 4.69) is 21.2 Å². The van der Waals surface area contributed by atoms with Crippen LogP contribution < -0.4 is 10.1 Å². The van der Waals surface area contributed by atoms with Crippen LogP contribution in [0.2, 0.25) is 5.02 Å². The van der Waals surface area contributed by atoms with Crippen molar-refractivity contribution in [2.45, 2.75) is 11.4 Å². The van der Waals surface area contributed by atoms with Crippen LogP contribution in [0.3, 0.4) is 0 Å². The number of carbonyl (C=O) groups is 1. The molecule has 0 aliphatic carbocycles. The first-order valence-corrected chi connectivity index (χ1v) is 8.97. The van der Waals surface area contributed by atoms with Gasteiger partial charge in [0.2, 0.25) is 0 Å². The number of likely N-dealkylation sites (N-methyl/N-ethyl adjacent to an activating group) is 1. The fraction of sp³-hybridized carbons (Fsp3) is 0.500. The molecule has 1 aliphatic rings. The Morgan fingerprint density at radius 3 is 2.91 bits per heavy atom. The van der Waals surface area contributed by atoms with Gasteiger partial charge in [-0.25, -0.2) is 0 Å². The second-order valence-electron chi connectivity index (χ2n) is 5.23. The molecule has 1 aromatic rings. The minimum absolute atomic E-state index is 0.148. The van der Waals surface area contributed by atoms with Crippen molar-refractivity contribution in [3.05, 3.63) is 27.2 Å². The molecule has 2 atom stereocenters. The van der Waals surface area contributed by atoms with Crippen molar-refractivity contribution < 1.29 is 14.6 Å². The van der Waals surface area contributed by atoms with Crippen molar-refractivity contribution in [3.63, 3.8) is 0 Å². The maximum Gasteiger partial charge on any atom is 0.321 e. The van der Waals surface area contributed by atoms with Crippen molar-refractivity contribution >= 4 is 45.3 Å². The van der Waals surface area contributed by atoms with Gasteiger partial charge in [-0.2, -0.15) is 0 Å². The summed E-state index contributed by atoms with van der Waals surface area (Å²) in [6.45, 7) is 1.33. The molecule has 1 aliphatic heterocycles. The zero-order valence-corrected chi connectivity index (χ0v) is 15.5. The van der Waals surface area contributed by atoms with Crippen molar-refractivity contribution in [1.82, 2.24) is 10.2 Å². The van der Waals surface area contributed by atoms with E-state index in [-0.39, 0.29) is 5.37 Å². The highest BCUT2D eigenvalue weighted by atomic mass is 79.9. The lowest BCUT2D eigenvalue weighted by Gasteiger charge is -2.19. The van der Waals surface area contributed by atoms with E-state index >= 15 is 0 Å². The van der Waals surface area contributed by atoms with E-state index in [1.54, 1.807) is 17.8 Å². The van der Waals surface area contributed by atoms with Crippen LogP contribution in [0.15, 0.2) is 16.6 Å². The van der Waals surface area contributed by atoms with Crippen molar-refractivity contribution in [3.8, 4) is 5.75 Å². The molecule has 5 nitrogen and oxygen atoms in total. The van der Waals surface area contributed by atoms with Gasteiger partial charge in [0, 0.05) is 22.9 Å². The Morgan fingerprint density at radius 1 is 1.59 bits per heavy atom. The van der Waals surface area contributed by atoms with Crippen molar-refractivity contribution in [2.75, 3.05) is 33.0 Å². The highest BCUT2D eigenvalue weighted by Gasteiger charge is 2.32. The average molecular weight is 410 g/mol. The largest absolute Gasteiger partial charge is 0.491 e. The molecule has 1 fully saturated rings.